The lowest BCUT2D eigenvalue weighted by molar-refractivity contribution is -0.141. The van der Waals surface area contributed by atoms with Gasteiger partial charge in [0, 0.05) is 24.6 Å². The van der Waals surface area contributed by atoms with E-state index in [0.717, 1.165) is 6.42 Å². The first-order chi connectivity index (χ1) is 9.69. The van der Waals surface area contributed by atoms with Gasteiger partial charge in [0.1, 0.15) is 0 Å². The van der Waals surface area contributed by atoms with E-state index in [1.54, 1.807) is 18.2 Å². The van der Waals surface area contributed by atoms with Crippen LogP contribution in [0.15, 0.2) is 18.2 Å². The van der Waals surface area contributed by atoms with Crippen LogP contribution in [0, 0.1) is 0 Å². The van der Waals surface area contributed by atoms with E-state index in [4.69, 9.17) is 9.47 Å². The first-order valence-electron chi connectivity index (χ1n) is 6.45. The number of amides is 1. The Kier molecular flexibility index (Phi) is 4.81. The van der Waals surface area contributed by atoms with Crippen LogP contribution >= 0.6 is 0 Å². The van der Waals surface area contributed by atoms with Gasteiger partial charge in [-0.1, -0.05) is 0 Å². The number of carbonyl (C=O) groups excluding carboxylic acids is 2. The first-order valence-corrected chi connectivity index (χ1v) is 6.45. The van der Waals surface area contributed by atoms with Crippen LogP contribution < -0.4 is 14.8 Å². The van der Waals surface area contributed by atoms with Gasteiger partial charge in [-0.3, -0.25) is 9.59 Å². The molecule has 0 saturated heterocycles. The number of ether oxygens (including phenoxy) is 3. The van der Waals surface area contributed by atoms with Crippen molar-refractivity contribution in [1.29, 1.82) is 0 Å². The Morgan fingerprint density at radius 1 is 1.20 bits per heavy atom. The molecule has 1 aromatic rings. The normalized spacial score (nSPS) is 13.2. The molecule has 0 bridgehead atoms. The van der Waals surface area contributed by atoms with Crippen LogP contribution in [0.3, 0.4) is 0 Å². The van der Waals surface area contributed by atoms with Gasteiger partial charge in [0.25, 0.3) is 0 Å². The molecule has 0 aromatic heterocycles. The summed E-state index contributed by atoms with van der Waals surface area (Å²) in [7, 11) is 1.30. The molecule has 1 aromatic carbocycles. The average molecular weight is 279 g/mol. The van der Waals surface area contributed by atoms with Crippen LogP contribution in [0.1, 0.15) is 19.3 Å². The maximum atomic E-state index is 11.7. The number of hydrogen-bond donors (Lipinski definition) is 1. The fraction of sp³-hybridized carbons (Fsp3) is 0.429. The van der Waals surface area contributed by atoms with Crippen LogP contribution in [0.25, 0.3) is 0 Å². The van der Waals surface area contributed by atoms with Crippen molar-refractivity contribution >= 4 is 17.6 Å². The Morgan fingerprint density at radius 2 is 1.95 bits per heavy atom. The molecule has 1 aliphatic rings. The van der Waals surface area contributed by atoms with E-state index < -0.39 is 5.97 Å². The quantitative estimate of drug-likeness (QED) is 0.850. The molecule has 2 rings (SSSR count). The number of anilines is 1. The molecule has 6 nitrogen and oxygen atoms in total. The van der Waals surface area contributed by atoms with Crippen LogP contribution in [-0.2, 0) is 14.3 Å². The minimum absolute atomic E-state index is 0.0624. The number of carbonyl (C=O) groups is 2. The minimum atomic E-state index is -0.404. The summed E-state index contributed by atoms with van der Waals surface area (Å²) >= 11 is 0. The van der Waals surface area contributed by atoms with Crippen molar-refractivity contribution in [3.63, 3.8) is 0 Å². The van der Waals surface area contributed by atoms with Crippen LogP contribution in [0.2, 0.25) is 0 Å². The Morgan fingerprint density at radius 3 is 2.70 bits per heavy atom. The molecule has 1 amide bonds. The predicted octanol–water partition coefficient (Wildman–Crippen LogP) is 1.74. The van der Waals surface area contributed by atoms with Gasteiger partial charge in [-0.05, 0) is 12.1 Å². The SMILES string of the molecule is COC(=O)CCC(=O)Nc1ccc2c(c1)OCCCO2. The summed E-state index contributed by atoms with van der Waals surface area (Å²) in [4.78, 5) is 22.6. The molecule has 20 heavy (non-hydrogen) atoms. The number of fused-ring (bicyclic) bond motifs is 1. The summed E-state index contributed by atoms with van der Waals surface area (Å²) in [5, 5.41) is 2.71. The van der Waals surface area contributed by atoms with Crippen LogP contribution in [-0.4, -0.2) is 32.2 Å². The second-order valence-corrected chi connectivity index (χ2v) is 4.34. The molecule has 0 radical (unpaired) electrons. The van der Waals surface area contributed by atoms with E-state index in [1.165, 1.54) is 7.11 Å². The number of hydrogen-bond acceptors (Lipinski definition) is 5. The van der Waals surface area contributed by atoms with Crippen molar-refractivity contribution in [3.05, 3.63) is 18.2 Å². The largest absolute Gasteiger partial charge is 0.490 e. The maximum Gasteiger partial charge on any atom is 0.306 e. The third-order valence-electron chi connectivity index (χ3n) is 2.82. The van der Waals surface area contributed by atoms with Gasteiger partial charge in [-0.2, -0.15) is 0 Å². The second-order valence-electron chi connectivity index (χ2n) is 4.34. The molecule has 0 aliphatic carbocycles. The van der Waals surface area contributed by atoms with E-state index in [0.29, 0.717) is 30.4 Å². The van der Waals surface area contributed by atoms with Crippen molar-refractivity contribution in [2.45, 2.75) is 19.3 Å². The number of methoxy groups -OCH3 is 1. The molecule has 1 heterocycles. The summed E-state index contributed by atoms with van der Waals surface area (Å²) in [5.41, 5.74) is 0.615. The summed E-state index contributed by atoms with van der Waals surface area (Å²) in [6.07, 6.45) is 0.976. The number of esters is 1. The highest BCUT2D eigenvalue weighted by Crippen LogP contribution is 2.32. The third kappa shape index (κ3) is 3.88. The average Bonchev–Trinajstić information content (AvgIpc) is 2.69. The molecule has 0 fully saturated rings. The van der Waals surface area contributed by atoms with Gasteiger partial charge < -0.3 is 19.5 Å². The maximum absolute atomic E-state index is 11.7. The minimum Gasteiger partial charge on any atom is -0.490 e. The molecular weight excluding hydrogens is 262 g/mol. The predicted molar refractivity (Wildman–Crippen MR) is 71.9 cm³/mol. The molecule has 0 unspecified atom stereocenters. The highest BCUT2D eigenvalue weighted by molar-refractivity contribution is 5.92. The van der Waals surface area contributed by atoms with E-state index in [2.05, 4.69) is 10.1 Å². The lowest BCUT2D eigenvalue weighted by Crippen LogP contribution is -2.14. The third-order valence-corrected chi connectivity index (χ3v) is 2.82. The van der Waals surface area contributed by atoms with E-state index >= 15 is 0 Å². The number of benzene rings is 1. The standard InChI is InChI=1S/C14H17NO5/c1-18-14(17)6-5-13(16)15-10-3-4-11-12(9-10)20-8-2-7-19-11/h3-4,9H,2,5-8H2,1H3,(H,15,16). The van der Waals surface area contributed by atoms with Crippen LogP contribution in [0.5, 0.6) is 11.5 Å². The van der Waals surface area contributed by atoms with Gasteiger partial charge in [0.05, 0.1) is 26.7 Å². The molecule has 0 saturated carbocycles. The zero-order chi connectivity index (χ0) is 14.4. The Bertz CT molecular complexity index is 500. The van der Waals surface area contributed by atoms with Crippen molar-refractivity contribution in [3.8, 4) is 11.5 Å². The Hall–Kier alpha value is -2.24. The molecule has 1 aliphatic heterocycles. The second kappa shape index (κ2) is 6.79. The topological polar surface area (TPSA) is 73.9 Å². The van der Waals surface area contributed by atoms with Gasteiger partial charge in [0.2, 0.25) is 5.91 Å². The van der Waals surface area contributed by atoms with Crippen molar-refractivity contribution in [2.75, 3.05) is 25.6 Å². The molecule has 6 heteroatoms. The smallest absolute Gasteiger partial charge is 0.306 e. The monoisotopic (exact) mass is 279 g/mol. The number of rotatable bonds is 4. The molecule has 108 valence electrons. The van der Waals surface area contributed by atoms with Gasteiger partial charge in [0.15, 0.2) is 11.5 Å². The summed E-state index contributed by atoms with van der Waals surface area (Å²) in [6.45, 7) is 1.21. The fourth-order valence-electron chi connectivity index (χ4n) is 1.78. The molecule has 0 atom stereocenters. The zero-order valence-electron chi connectivity index (χ0n) is 11.3. The Balaban J connectivity index is 1.94. The molecule has 1 N–H and O–H groups in total. The lowest BCUT2D eigenvalue weighted by atomic mass is 10.2. The Labute approximate surface area is 117 Å². The number of nitrogens with one attached hydrogen (secondary N) is 1. The van der Waals surface area contributed by atoms with Crippen molar-refractivity contribution in [2.24, 2.45) is 0 Å². The van der Waals surface area contributed by atoms with E-state index in [1.807, 2.05) is 0 Å². The summed E-state index contributed by atoms with van der Waals surface area (Å²) < 4.78 is 15.5. The van der Waals surface area contributed by atoms with E-state index in [9.17, 15) is 9.59 Å². The fourth-order valence-corrected chi connectivity index (χ4v) is 1.78. The van der Waals surface area contributed by atoms with Gasteiger partial charge >= 0.3 is 5.97 Å². The van der Waals surface area contributed by atoms with Gasteiger partial charge in [-0.15, -0.1) is 0 Å². The first kappa shape index (κ1) is 14.2. The van der Waals surface area contributed by atoms with E-state index in [-0.39, 0.29) is 18.7 Å². The molecular formula is C14H17NO5. The van der Waals surface area contributed by atoms with Crippen LogP contribution in [0.4, 0.5) is 5.69 Å². The summed E-state index contributed by atoms with van der Waals surface area (Å²) in [6, 6.07) is 5.22. The van der Waals surface area contributed by atoms with Gasteiger partial charge in [-0.25, -0.2) is 0 Å². The summed E-state index contributed by atoms with van der Waals surface area (Å²) in [5.74, 6) is 0.645. The highest BCUT2D eigenvalue weighted by Gasteiger charge is 2.12. The molecule has 0 spiro atoms. The lowest BCUT2D eigenvalue weighted by Gasteiger charge is -2.10. The van der Waals surface area contributed by atoms with Crippen molar-refractivity contribution in [1.82, 2.24) is 0 Å². The van der Waals surface area contributed by atoms with Crippen molar-refractivity contribution < 1.29 is 23.8 Å². The zero-order valence-corrected chi connectivity index (χ0v) is 11.3. The highest BCUT2D eigenvalue weighted by atomic mass is 16.5.